The fraction of sp³-hybridized carbons (Fsp3) is 0.385. The minimum atomic E-state index is -3.76. The largest absolute Gasteiger partial charge is 0.379 e. The number of amides is 1. The predicted octanol–water partition coefficient (Wildman–Crippen LogP) is 3.24. The van der Waals surface area contributed by atoms with Crippen LogP contribution in [-0.4, -0.2) is 71.0 Å². The van der Waals surface area contributed by atoms with Crippen molar-refractivity contribution in [2.24, 2.45) is 5.92 Å². The van der Waals surface area contributed by atoms with Crippen LogP contribution >= 0.6 is 11.8 Å². The maximum atomic E-state index is 13.7. The molecule has 39 heavy (non-hydrogen) atoms. The van der Waals surface area contributed by atoms with Crippen molar-refractivity contribution in [1.82, 2.24) is 24.4 Å². The Labute approximate surface area is 231 Å². The predicted molar refractivity (Wildman–Crippen MR) is 144 cm³/mol. The maximum absolute atomic E-state index is 13.7. The number of nitrogens with zero attached hydrogens (tertiary/aromatic N) is 5. The first kappa shape index (κ1) is 28.7. The number of sulfonamides is 1. The van der Waals surface area contributed by atoms with Gasteiger partial charge in [-0.2, -0.15) is 9.57 Å². The Balaban J connectivity index is 1.67. The molecule has 0 unspecified atom stereocenters. The van der Waals surface area contributed by atoms with Crippen molar-refractivity contribution in [2.75, 3.05) is 32.1 Å². The molecule has 1 aromatic heterocycles. The SMILES string of the molecule is CC(C)[C@@](C)(C#N)NC(=O)CSc1nnc(-c2cccc(S(=O)(=O)N3CCOCC3)c2)n1-c1ccc(F)cc1. The second kappa shape index (κ2) is 11.8. The number of halogens is 1. The normalized spacial score (nSPS) is 16.0. The highest BCUT2D eigenvalue weighted by atomic mass is 32.2. The van der Waals surface area contributed by atoms with Gasteiger partial charge in [0.25, 0.3) is 0 Å². The van der Waals surface area contributed by atoms with Crippen molar-refractivity contribution in [1.29, 1.82) is 5.26 Å². The van der Waals surface area contributed by atoms with Gasteiger partial charge in [0.15, 0.2) is 11.0 Å². The monoisotopic (exact) mass is 572 g/mol. The Morgan fingerprint density at radius 2 is 1.90 bits per heavy atom. The molecular formula is C26H29FN6O4S2. The van der Waals surface area contributed by atoms with E-state index in [-0.39, 0.29) is 35.6 Å². The van der Waals surface area contributed by atoms with Gasteiger partial charge in [0, 0.05) is 24.3 Å². The molecule has 206 valence electrons. The van der Waals surface area contributed by atoms with Gasteiger partial charge in [-0.3, -0.25) is 9.36 Å². The molecule has 2 heterocycles. The third-order valence-electron chi connectivity index (χ3n) is 6.54. The number of hydrogen-bond donors (Lipinski definition) is 1. The Morgan fingerprint density at radius 1 is 1.21 bits per heavy atom. The number of carbonyl (C=O) groups is 1. The van der Waals surface area contributed by atoms with Crippen LogP contribution in [0.5, 0.6) is 0 Å². The molecule has 1 aliphatic rings. The summed E-state index contributed by atoms with van der Waals surface area (Å²) in [7, 11) is -3.76. The standard InChI is InChI=1S/C26H29FN6O4S2/c1-18(2)26(3,17-28)29-23(34)16-38-25-31-30-24(33(25)21-9-7-20(27)8-10-21)19-5-4-6-22(15-19)39(35,36)32-11-13-37-14-12-32/h4-10,15,18H,11-14,16H2,1-3H3,(H,29,34)/t26-/m1/s1. The lowest BCUT2D eigenvalue weighted by atomic mass is 9.90. The molecule has 1 aliphatic heterocycles. The van der Waals surface area contributed by atoms with Gasteiger partial charge in [-0.15, -0.1) is 10.2 Å². The van der Waals surface area contributed by atoms with Crippen LogP contribution in [0.2, 0.25) is 0 Å². The van der Waals surface area contributed by atoms with Gasteiger partial charge >= 0.3 is 0 Å². The number of morpholine rings is 1. The van der Waals surface area contributed by atoms with E-state index in [9.17, 15) is 22.9 Å². The van der Waals surface area contributed by atoms with Crippen molar-refractivity contribution in [2.45, 2.75) is 36.4 Å². The zero-order valence-corrected chi connectivity index (χ0v) is 23.4. The van der Waals surface area contributed by atoms with Crippen LogP contribution in [0.1, 0.15) is 20.8 Å². The van der Waals surface area contributed by atoms with E-state index < -0.39 is 21.4 Å². The first-order chi connectivity index (χ1) is 18.5. The molecule has 13 heteroatoms. The minimum absolute atomic E-state index is 0.0469. The topological polar surface area (TPSA) is 130 Å². The molecule has 0 saturated carbocycles. The zero-order chi connectivity index (χ0) is 28.2. The Kier molecular flexibility index (Phi) is 8.70. The van der Waals surface area contributed by atoms with Crippen LogP contribution in [0.15, 0.2) is 58.6 Å². The molecule has 4 rings (SSSR count). The van der Waals surface area contributed by atoms with Gasteiger partial charge in [0.05, 0.1) is 29.9 Å². The average molecular weight is 573 g/mol. The second-order valence-electron chi connectivity index (χ2n) is 9.47. The third kappa shape index (κ3) is 6.30. The van der Waals surface area contributed by atoms with E-state index in [1.807, 2.05) is 13.8 Å². The van der Waals surface area contributed by atoms with E-state index >= 15 is 0 Å². The summed E-state index contributed by atoms with van der Waals surface area (Å²) in [4.78, 5) is 12.8. The molecule has 0 spiro atoms. The van der Waals surface area contributed by atoms with Crippen molar-refractivity contribution >= 4 is 27.7 Å². The van der Waals surface area contributed by atoms with Crippen molar-refractivity contribution < 1.29 is 22.3 Å². The van der Waals surface area contributed by atoms with Gasteiger partial charge in [-0.05, 0) is 49.2 Å². The van der Waals surface area contributed by atoms with Crippen LogP contribution in [-0.2, 0) is 19.6 Å². The number of ether oxygens (including phenoxy) is 1. The van der Waals surface area contributed by atoms with Crippen molar-refractivity contribution in [3.8, 4) is 23.1 Å². The van der Waals surface area contributed by atoms with E-state index in [2.05, 4.69) is 21.6 Å². The second-order valence-corrected chi connectivity index (χ2v) is 12.3. The van der Waals surface area contributed by atoms with Gasteiger partial charge in [-0.25, -0.2) is 12.8 Å². The summed E-state index contributed by atoms with van der Waals surface area (Å²) in [5.74, 6) is -0.606. The zero-order valence-electron chi connectivity index (χ0n) is 21.8. The van der Waals surface area contributed by atoms with E-state index in [4.69, 9.17) is 4.74 Å². The summed E-state index contributed by atoms with van der Waals surface area (Å²) in [6.45, 7) is 6.55. The van der Waals surface area contributed by atoms with Crippen molar-refractivity contribution in [3.05, 3.63) is 54.3 Å². The molecule has 1 N–H and O–H groups in total. The van der Waals surface area contributed by atoms with Gasteiger partial charge in [0.1, 0.15) is 11.4 Å². The number of aromatic nitrogens is 3. The van der Waals surface area contributed by atoms with Crippen LogP contribution in [0.25, 0.3) is 17.1 Å². The lowest BCUT2D eigenvalue weighted by molar-refractivity contribution is -0.120. The molecule has 1 fully saturated rings. The number of carbonyl (C=O) groups excluding carboxylic acids is 1. The maximum Gasteiger partial charge on any atom is 0.243 e. The first-order valence-electron chi connectivity index (χ1n) is 12.3. The van der Waals surface area contributed by atoms with Crippen LogP contribution < -0.4 is 5.32 Å². The number of nitriles is 1. The number of hydrogen-bond acceptors (Lipinski definition) is 8. The van der Waals surface area contributed by atoms with E-state index in [0.717, 1.165) is 11.8 Å². The van der Waals surface area contributed by atoms with Crippen LogP contribution in [0.4, 0.5) is 4.39 Å². The average Bonchev–Trinajstić information content (AvgIpc) is 3.36. The smallest absolute Gasteiger partial charge is 0.243 e. The Hall–Kier alpha value is -3.31. The highest BCUT2D eigenvalue weighted by Gasteiger charge is 2.30. The van der Waals surface area contributed by atoms with Gasteiger partial charge in [-0.1, -0.05) is 37.7 Å². The molecular weight excluding hydrogens is 543 g/mol. The molecule has 3 aromatic rings. The summed E-state index contributed by atoms with van der Waals surface area (Å²) in [5.41, 5.74) is -0.0149. The summed E-state index contributed by atoms with van der Waals surface area (Å²) >= 11 is 1.10. The van der Waals surface area contributed by atoms with Crippen LogP contribution in [0, 0.1) is 23.1 Å². The molecule has 2 aromatic carbocycles. The highest BCUT2D eigenvalue weighted by Crippen LogP contribution is 2.30. The van der Waals surface area contributed by atoms with Crippen molar-refractivity contribution in [3.63, 3.8) is 0 Å². The first-order valence-corrected chi connectivity index (χ1v) is 14.7. The summed E-state index contributed by atoms with van der Waals surface area (Å²) in [5, 5.41) is 21.2. The quantitative estimate of drug-likeness (QED) is 0.387. The lowest BCUT2D eigenvalue weighted by Gasteiger charge is -2.27. The summed E-state index contributed by atoms with van der Waals surface area (Å²) in [6.07, 6.45) is 0. The molecule has 0 bridgehead atoms. The lowest BCUT2D eigenvalue weighted by Crippen LogP contribution is -2.49. The molecule has 1 saturated heterocycles. The number of thioether (sulfide) groups is 1. The molecule has 0 radical (unpaired) electrons. The van der Waals surface area contributed by atoms with E-state index in [0.29, 0.717) is 35.4 Å². The highest BCUT2D eigenvalue weighted by molar-refractivity contribution is 7.99. The van der Waals surface area contributed by atoms with Crippen LogP contribution in [0.3, 0.4) is 0 Å². The summed E-state index contributed by atoms with van der Waals surface area (Å²) < 4.78 is 48.5. The Bertz CT molecular complexity index is 1480. The molecule has 1 amide bonds. The van der Waals surface area contributed by atoms with Gasteiger partial charge < -0.3 is 10.1 Å². The number of benzene rings is 2. The molecule has 1 atom stereocenters. The molecule has 10 nitrogen and oxygen atoms in total. The number of rotatable bonds is 9. The van der Waals surface area contributed by atoms with E-state index in [1.165, 1.54) is 28.6 Å². The fourth-order valence-electron chi connectivity index (χ4n) is 3.86. The third-order valence-corrected chi connectivity index (χ3v) is 9.36. The van der Waals surface area contributed by atoms with E-state index in [1.54, 1.807) is 35.8 Å². The fourth-order valence-corrected chi connectivity index (χ4v) is 6.07. The number of nitrogens with one attached hydrogen (secondary N) is 1. The molecule has 0 aliphatic carbocycles. The minimum Gasteiger partial charge on any atom is -0.379 e. The van der Waals surface area contributed by atoms with Gasteiger partial charge in [0.2, 0.25) is 15.9 Å². The Morgan fingerprint density at radius 3 is 2.54 bits per heavy atom. The summed E-state index contributed by atoms with van der Waals surface area (Å²) in [6, 6.07) is 14.2.